The van der Waals surface area contributed by atoms with Crippen LogP contribution in [0.3, 0.4) is 0 Å². The van der Waals surface area contributed by atoms with Gasteiger partial charge >= 0.3 is 0 Å². The van der Waals surface area contributed by atoms with Gasteiger partial charge in [0, 0.05) is 30.6 Å². The van der Waals surface area contributed by atoms with E-state index >= 15 is 0 Å². The molecular weight excluding hydrogens is 192 g/mol. The van der Waals surface area contributed by atoms with E-state index in [1.165, 1.54) is 31.0 Å². The molecule has 0 aromatic rings. The van der Waals surface area contributed by atoms with Crippen molar-refractivity contribution in [2.24, 2.45) is 11.1 Å². The van der Waals surface area contributed by atoms with E-state index < -0.39 is 0 Å². The summed E-state index contributed by atoms with van der Waals surface area (Å²) >= 11 is 2.08. The SMILES string of the molecule is CCC(C)(CN)CN1CCSCC1C. The topological polar surface area (TPSA) is 29.3 Å². The van der Waals surface area contributed by atoms with E-state index in [0.717, 1.165) is 12.6 Å². The Morgan fingerprint density at radius 3 is 2.79 bits per heavy atom. The summed E-state index contributed by atoms with van der Waals surface area (Å²) in [5.74, 6) is 2.57. The Balaban J connectivity index is 2.48. The third-order valence-electron chi connectivity index (χ3n) is 3.44. The lowest BCUT2D eigenvalue weighted by Gasteiger charge is -2.39. The Hall–Kier alpha value is 0.270. The normalized spacial score (nSPS) is 28.7. The van der Waals surface area contributed by atoms with Gasteiger partial charge in [-0.1, -0.05) is 13.8 Å². The summed E-state index contributed by atoms with van der Waals surface area (Å²) < 4.78 is 0. The van der Waals surface area contributed by atoms with Crippen LogP contribution in [-0.2, 0) is 0 Å². The lowest BCUT2D eigenvalue weighted by atomic mass is 9.86. The third-order valence-corrected chi connectivity index (χ3v) is 4.63. The molecule has 1 aliphatic rings. The molecule has 1 rings (SSSR count). The molecule has 1 fully saturated rings. The quantitative estimate of drug-likeness (QED) is 0.777. The van der Waals surface area contributed by atoms with Crippen LogP contribution in [0.15, 0.2) is 0 Å². The van der Waals surface area contributed by atoms with Gasteiger partial charge in [-0.15, -0.1) is 0 Å². The van der Waals surface area contributed by atoms with Gasteiger partial charge in [-0.3, -0.25) is 4.90 Å². The van der Waals surface area contributed by atoms with E-state index in [1.807, 2.05) is 0 Å². The maximum absolute atomic E-state index is 5.85. The second-order valence-electron chi connectivity index (χ2n) is 4.76. The standard InChI is InChI=1S/C11H24N2S/c1-4-11(3,8-12)9-13-5-6-14-7-10(13)2/h10H,4-9,12H2,1-3H3. The molecule has 2 N–H and O–H groups in total. The van der Waals surface area contributed by atoms with Gasteiger partial charge in [0.15, 0.2) is 0 Å². The molecule has 84 valence electrons. The van der Waals surface area contributed by atoms with E-state index in [-0.39, 0.29) is 0 Å². The summed E-state index contributed by atoms with van der Waals surface area (Å²) in [4.78, 5) is 2.60. The Morgan fingerprint density at radius 1 is 1.57 bits per heavy atom. The van der Waals surface area contributed by atoms with Crippen molar-refractivity contribution in [2.75, 3.05) is 31.1 Å². The van der Waals surface area contributed by atoms with Crippen molar-refractivity contribution in [3.63, 3.8) is 0 Å². The highest BCUT2D eigenvalue weighted by Gasteiger charge is 2.27. The van der Waals surface area contributed by atoms with Crippen molar-refractivity contribution in [1.29, 1.82) is 0 Å². The predicted molar refractivity (Wildman–Crippen MR) is 65.8 cm³/mol. The molecule has 0 spiro atoms. The molecule has 3 heteroatoms. The Labute approximate surface area is 92.6 Å². The summed E-state index contributed by atoms with van der Waals surface area (Å²) in [7, 11) is 0. The van der Waals surface area contributed by atoms with Crippen LogP contribution in [0.5, 0.6) is 0 Å². The molecule has 1 aliphatic heterocycles. The van der Waals surface area contributed by atoms with Crippen LogP contribution in [0.1, 0.15) is 27.2 Å². The average Bonchev–Trinajstić information content (AvgIpc) is 2.21. The summed E-state index contributed by atoms with van der Waals surface area (Å²) in [6.45, 7) is 10.1. The van der Waals surface area contributed by atoms with E-state index in [1.54, 1.807) is 0 Å². The fourth-order valence-electron chi connectivity index (χ4n) is 1.81. The van der Waals surface area contributed by atoms with Crippen molar-refractivity contribution >= 4 is 11.8 Å². The van der Waals surface area contributed by atoms with Gasteiger partial charge in [0.1, 0.15) is 0 Å². The van der Waals surface area contributed by atoms with Crippen molar-refractivity contribution < 1.29 is 0 Å². The van der Waals surface area contributed by atoms with Crippen LogP contribution >= 0.6 is 11.8 Å². The maximum atomic E-state index is 5.85. The minimum Gasteiger partial charge on any atom is -0.330 e. The van der Waals surface area contributed by atoms with E-state index in [9.17, 15) is 0 Å². The van der Waals surface area contributed by atoms with Crippen LogP contribution in [0.4, 0.5) is 0 Å². The summed E-state index contributed by atoms with van der Waals surface area (Å²) in [6, 6.07) is 0.728. The smallest absolute Gasteiger partial charge is 0.0158 e. The fourth-order valence-corrected chi connectivity index (χ4v) is 2.89. The first-order valence-corrected chi connectivity index (χ1v) is 6.78. The van der Waals surface area contributed by atoms with Crippen LogP contribution in [0.2, 0.25) is 0 Å². The van der Waals surface area contributed by atoms with E-state index in [4.69, 9.17) is 5.73 Å². The van der Waals surface area contributed by atoms with Crippen LogP contribution in [-0.4, -0.2) is 42.1 Å². The molecule has 1 saturated heterocycles. The molecule has 0 aliphatic carbocycles. The Bertz CT molecular complexity index is 169. The van der Waals surface area contributed by atoms with Crippen molar-refractivity contribution in [3.8, 4) is 0 Å². The first-order valence-electron chi connectivity index (χ1n) is 5.63. The van der Waals surface area contributed by atoms with Crippen molar-refractivity contribution in [3.05, 3.63) is 0 Å². The van der Waals surface area contributed by atoms with Crippen LogP contribution in [0.25, 0.3) is 0 Å². The number of thioether (sulfide) groups is 1. The van der Waals surface area contributed by atoms with E-state index in [0.29, 0.717) is 5.41 Å². The number of nitrogens with two attached hydrogens (primary N) is 1. The van der Waals surface area contributed by atoms with Gasteiger partial charge in [-0.2, -0.15) is 11.8 Å². The van der Waals surface area contributed by atoms with Crippen LogP contribution in [0, 0.1) is 5.41 Å². The lowest BCUT2D eigenvalue weighted by molar-refractivity contribution is 0.140. The molecule has 0 amide bonds. The zero-order valence-corrected chi connectivity index (χ0v) is 10.6. The zero-order chi connectivity index (χ0) is 10.6. The zero-order valence-electron chi connectivity index (χ0n) is 9.75. The highest BCUT2D eigenvalue weighted by molar-refractivity contribution is 7.99. The predicted octanol–water partition coefficient (Wildman–Crippen LogP) is 1.80. The molecule has 1 heterocycles. The summed E-state index contributed by atoms with van der Waals surface area (Å²) in [6.07, 6.45) is 1.18. The minimum atomic E-state index is 0.316. The van der Waals surface area contributed by atoms with E-state index in [2.05, 4.69) is 37.4 Å². The first kappa shape index (κ1) is 12.3. The number of rotatable bonds is 4. The van der Waals surface area contributed by atoms with Gasteiger partial charge in [0.05, 0.1) is 0 Å². The van der Waals surface area contributed by atoms with Gasteiger partial charge in [-0.05, 0) is 25.3 Å². The molecule has 2 unspecified atom stereocenters. The maximum Gasteiger partial charge on any atom is 0.0158 e. The van der Waals surface area contributed by atoms with Crippen molar-refractivity contribution in [1.82, 2.24) is 4.90 Å². The highest BCUT2D eigenvalue weighted by atomic mass is 32.2. The largest absolute Gasteiger partial charge is 0.330 e. The monoisotopic (exact) mass is 216 g/mol. The molecule has 14 heavy (non-hydrogen) atoms. The first-order chi connectivity index (χ1) is 6.61. The third kappa shape index (κ3) is 3.14. The molecule has 0 aromatic heterocycles. The Kier molecular flexibility index (Phi) is 4.74. The highest BCUT2D eigenvalue weighted by Crippen LogP contribution is 2.25. The number of hydrogen-bond acceptors (Lipinski definition) is 3. The molecule has 0 aromatic carbocycles. The van der Waals surface area contributed by atoms with Gasteiger partial charge < -0.3 is 5.73 Å². The lowest BCUT2D eigenvalue weighted by Crippen LogP contribution is -2.48. The van der Waals surface area contributed by atoms with Gasteiger partial charge in [-0.25, -0.2) is 0 Å². The Morgan fingerprint density at radius 2 is 2.29 bits per heavy atom. The fraction of sp³-hybridized carbons (Fsp3) is 1.00. The summed E-state index contributed by atoms with van der Waals surface area (Å²) in [5.41, 5.74) is 6.16. The summed E-state index contributed by atoms with van der Waals surface area (Å²) in [5, 5.41) is 0. The molecule has 2 atom stereocenters. The second-order valence-corrected chi connectivity index (χ2v) is 5.91. The van der Waals surface area contributed by atoms with Gasteiger partial charge in [0.2, 0.25) is 0 Å². The van der Waals surface area contributed by atoms with Gasteiger partial charge in [0.25, 0.3) is 0 Å². The average molecular weight is 216 g/mol. The molecule has 0 radical (unpaired) electrons. The van der Waals surface area contributed by atoms with Crippen LogP contribution < -0.4 is 5.73 Å². The minimum absolute atomic E-state index is 0.316. The number of hydrogen-bond donors (Lipinski definition) is 1. The molecule has 2 nitrogen and oxygen atoms in total. The second kappa shape index (κ2) is 5.38. The molecular formula is C11H24N2S. The van der Waals surface area contributed by atoms with Crippen molar-refractivity contribution in [2.45, 2.75) is 33.2 Å². The molecule has 0 saturated carbocycles. The molecule has 0 bridgehead atoms. The number of nitrogens with zero attached hydrogens (tertiary/aromatic N) is 1.